The van der Waals surface area contributed by atoms with Crippen molar-refractivity contribution in [1.29, 1.82) is 0 Å². The molecule has 138 valence electrons. The van der Waals surface area contributed by atoms with Crippen molar-refractivity contribution in [2.75, 3.05) is 0 Å². The molecule has 2 atom stereocenters. The third-order valence-corrected chi connectivity index (χ3v) is 5.24. The van der Waals surface area contributed by atoms with Crippen LogP contribution in [-0.4, -0.2) is 22.7 Å². The van der Waals surface area contributed by atoms with Crippen molar-refractivity contribution in [3.63, 3.8) is 0 Å². The van der Waals surface area contributed by atoms with Crippen LogP contribution < -0.4 is 15.8 Å². The van der Waals surface area contributed by atoms with E-state index in [-0.39, 0.29) is 28.4 Å². The van der Waals surface area contributed by atoms with Crippen LogP contribution >= 0.6 is 0 Å². The number of amides is 2. The minimum absolute atomic E-state index is 0.188. The van der Waals surface area contributed by atoms with Crippen molar-refractivity contribution in [3.05, 3.63) is 64.7 Å². The van der Waals surface area contributed by atoms with Crippen LogP contribution in [0.5, 0.6) is 5.75 Å². The summed E-state index contributed by atoms with van der Waals surface area (Å²) >= 11 is 0. The van der Waals surface area contributed by atoms with Gasteiger partial charge in [0.15, 0.2) is 0 Å². The molecule has 0 saturated heterocycles. The first-order valence-electron chi connectivity index (χ1n) is 8.54. The number of fused-ring (bicyclic) bond motifs is 5. The highest BCUT2D eigenvalue weighted by atomic mass is 16.6. The van der Waals surface area contributed by atoms with Crippen LogP contribution in [0.4, 0.5) is 0 Å². The highest BCUT2D eigenvalue weighted by molar-refractivity contribution is 6.35. The van der Waals surface area contributed by atoms with Gasteiger partial charge in [-0.3, -0.25) is 14.4 Å². The Bertz CT molecular complexity index is 1020. The molecule has 0 fully saturated rings. The van der Waals surface area contributed by atoms with Crippen LogP contribution in [0.1, 0.15) is 46.8 Å². The molecule has 1 aliphatic heterocycles. The number of benzene rings is 2. The molecule has 7 nitrogen and oxygen atoms in total. The largest absolute Gasteiger partial charge is 0.454 e. The van der Waals surface area contributed by atoms with Gasteiger partial charge in [-0.05, 0) is 17.5 Å². The summed E-state index contributed by atoms with van der Waals surface area (Å²) in [6.45, 7) is 3.99. The zero-order valence-electron chi connectivity index (χ0n) is 14.8. The van der Waals surface area contributed by atoms with Crippen molar-refractivity contribution in [2.24, 2.45) is 5.73 Å². The van der Waals surface area contributed by atoms with Crippen molar-refractivity contribution in [1.82, 2.24) is 5.32 Å². The average molecular weight is 366 g/mol. The molecule has 4 rings (SSSR count). The molecule has 2 amide bonds. The molecular formula is C20H18N2O5. The Morgan fingerprint density at radius 3 is 2.52 bits per heavy atom. The van der Waals surface area contributed by atoms with Gasteiger partial charge in [-0.25, -0.2) is 0 Å². The van der Waals surface area contributed by atoms with E-state index in [4.69, 9.17) is 10.5 Å². The van der Waals surface area contributed by atoms with Gasteiger partial charge in [0.05, 0.1) is 0 Å². The summed E-state index contributed by atoms with van der Waals surface area (Å²) in [6.07, 6.45) is 0. The van der Waals surface area contributed by atoms with Gasteiger partial charge in [-0.1, -0.05) is 50.2 Å². The van der Waals surface area contributed by atoms with E-state index in [2.05, 4.69) is 5.32 Å². The highest BCUT2D eigenvalue weighted by Crippen LogP contribution is 2.58. The number of nitrogens with two attached hydrogens (primary N) is 1. The van der Waals surface area contributed by atoms with Gasteiger partial charge in [0, 0.05) is 16.7 Å². The Morgan fingerprint density at radius 1 is 1.15 bits per heavy atom. The Balaban J connectivity index is 1.99. The van der Waals surface area contributed by atoms with Crippen LogP contribution in [0.25, 0.3) is 0 Å². The molecule has 2 aromatic carbocycles. The fourth-order valence-electron chi connectivity index (χ4n) is 3.86. The Hall–Kier alpha value is -3.19. The molecule has 27 heavy (non-hydrogen) atoms. The number of hydrogen-bond donors (Lipinski definition) is 3. The lowest BCUT2D eigenvalue weighted by Crippen LogP contribution is -2.61. The molecule has 0 aromatic heterocycles. The molecule has 0 spiro atoms. The number of ether oxygens (including phenoxy) is 1. The van der Waals surface area contributed by atoms with E-state index in [1.165, 1.54) is 6.07 Å². The second-order valence-corrected chi connectivity index (χ2v) is 7.10. The monoisotopic (exact) mass is 366 g/mol. The molecule has 7 heteroatoms. The van der Waals surface area contributed by atoms with Gasteiger partial charge in [0.25, 0.3) is 5.79 Å². The summed E-state index contributed by atoms with van der Waals surface area (Å²) in [5.41, 5.74) is 4.77. The fourth-order valence-corrected chi connectivity index (χ4v) is 3.86. The molecule has 0 saturated carbocycles. The second kappa shape index (κ2) is 5.40. The maximum Gasteiger partial charge on any atom is 0.310 e. The number of carbonyl (C=O) groups is 3. The van der Waals surface area contributed by atoms with Crippen molar-refractivity contribution >= 4 is 17.6 Å². The SMILES string of the molecule is CC(C)c1ccc2c(c1)OC1(O)c3ccccc3C(=O)C21NC(=O)C(N)=O. The number of aliphatic hydroxyl groups is 1. The Labute approximate surface area is 155 Å². The number of carbonyl (C=O) groups excluding carboxylic acids is 3. The van der Waals surface area contributed by atoms with E-state index < -0.39 is 28.9 Å². The van der Waals surface area contributed by atoms with Gasteiger partial charge < -0.3 is 20.9 Å². The summed E-state index contributed by atoms with van der Waals surface area (Å²) in [6, 6.07) is 11.6. The molecule has 0 bridgehead atoms. The first-order valence-corrected chi connectivity index (χ1v) is 8.54. The van der Waals surface area contributed by atoms with E-state index in [1.54, 1.807) is 36.4 Å². The van der Waals surface area contributed by atoms with Crippen molar-refractivity contribution in [3.8, 4) is 5.75 Å². The fraction of sp³-hybridized carbons (Fsp3) is 0.250. The van der Waals surface area contributed by atoms with Gasteiger partial charge in [-0.2, -0.15) is 0 Å². The maximum atomic E-state index is 13.3. The summed E-state index contributed by atoms with van der Waals surface area (Å²) in [5, 5.41) is 13.8. The predicted octanol–water partition coefficient (Wildman–Crippen LogP) is 1.04. The second-order valence-electron chi connectivity index (χ2n) is 7.10. The predicted molar refractivity (Wildman–Crippen MR) is 94.8 cm³/mol. The standard InChI is InChI=1S/C20H18N2O5/c1-10(2)11-7-8-14-15(9-11)27-20(26)13-6-4-3-5-12(13)16(23)19(14,20)22-18(25)17(21)24/h3-10,26H,1-2H3,(H2,21,24)(H,22,25). The molecule has 1 aliphatic carbocycles. The van der Waals surface area contributed by atoms with Crippen LogP contribution in [0, 0.1) is 0 Å². The summed E-state index contributed by atoms with van der Waals surface area (Å²) < 4.78 is 5.86. The number of ketones is 1. The molecule has 2 unspecified atom stereocenters. The minimum Gasteiger partial charge on any atom is -0.454 e. The van der Waals surface area contributed by atoms with E-state index in [0.717, 1.165) is 5.56 Å². The topological polar surface area (TPSA) is 119 Å². The number of primary amides is 1. The lowest BCUT2D eigenvalue weighted by atomic mass is 9.82. The smallest absolute Gasteiger partial charge is 0.310 e. The van der Waals surface area contributed by atoms with E-state index in [0.29, 0.717) is 0 Å². The van der Waals surface area contributed by atoms with Gasteiger partial charge in [0.1, 0.15) is 5.75 Å². The first kappa shape index (κ1) is 17.2. The third-order valence-electron chi connectivity index (χ3n) is 5.24. The first-order chi connectivity index (χ1) is 12.7. The Morgan fingerprint density at radius 2 is 1.85 bits per heavy atom. The third kappa shape index (κ3) is 2.03. The van der Waals surface area contributed by atoms with Crippen LogP contribution in [0.3, 0.4) is 0 Å². The van der Waals surface area contributed by atoms with Crippen LogP contribution in [-0.2, 0) is 20.9 Å². The number of nitrogens with one attached hydrogen (secondary N) is 1. The molecule has 4 N–H and O–H groups in total. The van der Waals surface area contributed by atoms with Crippen molar-refractivity contribution in [2.45, 2.75) is 31.1 Å². The summed E-state index contributed by atoms with van der Waals surface area (Å²) in [4.78, 5) is 36.9. The van der Waals surface area contributed by atoms with E-state index in [1.807, 2.05) is 13.8 Å². The lowest BCUT2D eigenvalue weighted by Gasteiger charge is -2.34. The van der Waals surface area contributed by atoms with E-state index >= 15 is 0 Å². The average Bonchev–Trinajstić information content (AvgIpc) is 2.99. The zero-order chi connectivity index (χ0) is 19.6. The molecule has 2 aliphatic rings. The zero-order valence-corrected chi connectivity index (χ0v) is 14.8. The summed E-state index contributed by atoms with van der Waals surface area (Å²) in [5.74, 6) is -4.72. The quantitative estimate of drug-likeness (QED) is 0.686. The molecule has 2 aromatic rings. The van der Waals surface area contributed by atoms with Crippen molar-refractivity contribution < 1.29 is 24.2 Å². The maximum absolute atomic E-state index is 13.3. The lowest BCUT2D eigenvalue weighted by molar-refractivity contribution is -0.175. The van der Waals surface area contributed by atoms with Crippen LogP contribution in [0.15, 0.2) is 42.5 Å². The number of Topliss-reactive ketones (excluding diaryl/α,β-unsaturated/α-hetero) is 1. The number of rotatable bonds is 2. The van der Waals surface area contributed by atoms with Gasteiger partial charge in [-0.15, -0.1) is 0 Å². The van der Waals surface area contributed by atoms with Gasteiger partial charge in [0.2, 0.25) is 11.3 Å². The summed E-state index contributed by atoms with van der Waals surface area (Å²) in [7, 11) is 0. The highest BCUT2D eigenvalue weighted by Gasteiger charge is 2.71. The molecule has 0 radical (unpaired) electrons. The Kier molecular flexibility index (Phi) is 3.45. The van der Waals surface area contributed by atoms with Gasteiger partial charge >= 0.3 is 11.8 Å². The minimum atomic E-state index is -2.18. The molecule has 1 heterocycles. The number of hydrogen-bond acceptors (Lipinski definition) is 5. The van der Waals surface area contributed by atoms with Crippen LogP contribution in [0.2, 0.25) is 0 Å². The van der Waals surface area contributed by atoms with E-state index in [9.17, 15) is 19.5 Å². The molecular weight excluding hydrogens is 348 g/mol. The normalized spacial score (nSPS) is 24.8.